The number of furan rings is 1. The summed E-state index contributed by atoms with van der Waals surface area (Å²) < 4.78 is 16.5. The normalized spacial score (nSPS) is 17.5. The maximum atomic E-state index is 5.84. The molecule has 0 N–H and O–H groups in total. The van der Waals surface area contributed by atoms with Crippen LogP contribution in [-0.4, -0.2) is 23.4 Å². The first-order chi connectivity index (χ1) is 11.8. The lowest BCUT2D eigenvalue weighted by Gasteiger charge is -2.00. The van der Waals surface area contributed by atoms with Crippen LogP contribution < -0.4 is 0 Å². The Morgan fingerprint density at radius 2 is 2.04 bits per heavy atom. The molecule has 3 aromatic rings. The molecule has 0 spiro atoms. The zero-order chi connectivity index (χ0) is 16.4. The van der Waals surface area contributed by atoms with Gasteiger partial charge in [-0.2, -0.15) is 4.98 Å². The fourth-order valence-corrected chi connectivity index (χ4v) is 3.39. The number of aryl methyl sites for hydroxylation is 1. The summed E-state index contributed by atoms with van der Waals surface area (Å²) >= 11 is 1.74. The van der Waals surface area contributed by atoms with E-state index in [9.17, 15) is 0 Å². The van der Waals surface area contributed by atoms with Crippen molar-refractivity contribution in [1.29, 1.82) is 0 Å². The van der Waals surface area contributed by atoms with Crippen LogP contribution in [0.15, 0.2) is 50.2 Å². The zero-order valence-electron chi connectivity index (χ0n) is 13.4. The highest BCUT2D eigenvalue weighted by Gasteiger charge is 2.24. The molecule has 0 radical (unpaired) electrons. The van der Waals surface area contributed by atoms with Crippen molar-refractivity contribution in [2.45, 2.75) is 29.9 Å². The van der Waals surface area contributed by atoms with E-state index < -0.39 is 0 Å². The smallest absolute Gasteiger partial charge is 0.293 e. The van der Waals surface area contributed by atoms with Crippen molar-refractivity contribution in [1.82, 2.24) is 10.1 Å². The van der Waals surface area contributed by atoms with Crippen LogP contribution in [0.5, 0.6) is 0 Å². The molecule has 2 aromatic heterocycles. The van der Waals surface area contributed by atoms with Crippen molar-refractivity contribution in [2.24, 2.45) is 0 Å². The van der Waals surface area contributed by atoms with Crippen LogP contribution in [0.2, 0.25) is 0 Å². The third-order valence-electron chi connectivity index (χ3n) is 4.01. The lowest BCUT2D eigenvalue weighted by atomic mass is 10.1. The van der Waals surface area contributed by atoms with Crippen LogP contribution in [0.4, 0.5) is 0 Å². The van der Waals surface area contributed by atoms with Gasteiger partial charge in [0.25, 0.3) is 5.89 Å². The molecule has 0 aliphatic carbocycles. The summed E-state index contributed by atoms with van der Waals surface area (Å²) in [7, 11) is 0. The number of ether oxygens (including phenoxy) is 1. The number of hydrogen-bond acceptors (Lipinski definition) is 6. The van der Waals surface area contributed by atoms with E-state index in [1.54, 1.807) is 11.8 Å². The second-order valence-corrected chi connectivity index (χ2v) is 6.93. The second-order valence-electron chi connectivity index (χ2n) is 5.89. The van der Waals surface area contributed by atoms with E-state index in [1.807, 2.05) is 12.1 Å². The Morgan fingerprint density at radius 1 is 1.17 bits per heavy atom. The average molecular weight is 342 g/mol. The number of hydrogen-bond donors (Lipinski definition) is 0. The van der Waals surface area contributed by atoms with Gasteiger partial charge in [-0.25, -0.2) is 0 Å². The Kier molecular flexibility index (Phi) is 4.40. The predicted octanol–water partition coefficient (Wildman–Crippen LogP) is 4.43. The molecule has 1 aromatic carbocycles. The van der Waals surface area contributed by atoms with Crippen molar-refractivity contribution in [3.8, 4) is 11.7 Å². The highest BCUT2D eigenvalue weighted by molar-refractivity contribution is 7.98. The van der Waals surface area contributed by atoms with Gasteiger partial charge in [-0.3, -0.25) is 0 Å². The first-order valence-corrected chi connectivity index (χ1v) is 8.96. The standard InChI is InChI=1S/C18H18N2O3S/c1-12-2-5-15(6-3-12)24-11-14-4-7-16(22-14)18-19-17(20-23-18)13-8-9-21-10-13/h2-7,13H,8-11H2,1H3/t13-/m1/s1. The Labute approximate surface area is 144 Å². The van der Waals surface area contributed by atoms with Gasteiger partial charge in [-0.15, -0.1) is 11.8 Å². The summed E-state index contributed by atoms with van der Waals surface area (Å²) in [6, 6.07) is 12.3. The van der Waals surface area contributed by atoms with Gasteiger partial charge in [0.05, 0.1) is 12.4 Å². The molecular weight excluding hydrogens is 324 g/mol. The highest BCUT2D eigenvalue weighted by Crippen LogP contribution is 2.29. The minimum absolute atomic E-state index is 0.231. The molecular formula is C18H18N2O3S. The molecule has 3 heterocycles. The van der Waals surface area contributed by atoms with Gasteiger partial charge in [0, 0.05) is 17.4 Å². The van der Waals surface area contributed by atoms with E-state index in [1.165, 1.54) is 10.5 Å². The number of thioether (sulfide) groups is 1. The summed E-state index contributed by atoms with van der Waals surface area (Å²) in [5.41, 5.74) is 1.26. The molecule has 0 bridgehead atoms. The maximum Gasteiger partial charge on any atom is 0.293 e. The molecule has 124 valence electrons. The van der Waals surface area contributed by atoms with Gasteiger partial charge in [-0.05, 0) is 37.6 Å². The van der Waals surface area contributed by atoms with Crippen LogP contribution in [0.3, 0.4) is 0 Å². The number of rotatable bonds is 5. The monoisotopic (exact) mass is 342 g/mol. The van der Waals surface area contributed by atoms with Crippen LogP contribution in [0.25, 0.3) is 11.7 Å². The fraction of sp³-hybridized carbons (Fsp3) is 0.333. The number of benzene rings is 1. The van der Waals surface area contributed by atoms with Gasteiger partial charge in [-0.1, -0.05) is 22.9 Å². The molecule has 0 unspecified atom stereocenters. The highest BCUT2D eigenvalue weighted by atomic mass is 32.2. The lowest BCUT2D eigenvalue weighted by Crippen LogP contribution is -1.99. The first kappa shape index (κ1) is 15.5. The Hall–Kier alpha value is -2.05. The third kappa shape index (κ3) is 3.39. The van der Waals surface area contributed by atoms with E-state index in [2.05, 4.69) is 41.3 Å². The maximum absolute atomic E-state index is 5.84. The largest absolute Gasteiger partial charge is 0.455 e. The van der Waals surface area contributed by atoms with E-state index in [-0.39, 0.29) is 5.92 Å². The van der Waals surface area contributed by atoms with Crippen LogP contribution >= 0.6 is 11.8 Å². The van der Waals surface area contributed by atoms with Crippen molar-refractivity contribution in [3.05, 3.63) is 53.5 Å². The Balaban J connectivity index is 1.41. The molecule has 0 saturated carbocycles. The number of aromatic nitrogens is 2. The van der Waals surface area contributed by atoms with Crippen LogP contribution in [0, 0.1) is 6.92 Å². The van der Waals surface area contributed by atoms with E-state index >= 15 is 0 Å². The molecule has 6 heteroatoms. The summed E-state index contributed by atoms with van der Waals surface area (Å²) in [4.78, 5) is 5.67. The first-order valence-electron chi connectivity index (χ1n) is 7.98. The molecule has 1 aliphatic rings. The van der Waals surface area contributed by atoms with Crippen molar-refractivity contribution >= 4 is 11.8 Å². The predicted molar refractivity (Wildman–Crippen MR) is 90.9 cm³/mol. The van der Waals surface area contributed by atoms with Crippen LogP contribution in [0.1, 0.15) is 29.5 Å². The fourth-order valence-electron chi connectivity index (χ4n) is 2.60. The Bertz CT molecular complexity index is 804. The quantitative estimate of drug-likeness (QED) is 0.639. The molecule has 24 heavy (non-hydrogen) atoms. The molecule has 4 rings (SSSR count). The Morgan fingerprint density at radius 3 is 2.83 bits per heavy atom. The molecule has 1 fully saturated rings. The summed E-state index contributed by atoms with van der Waals surface area (Å²) in [6.45, 7) is 3.51. The zero-order valence-corrected chi connectivity index (χ0v) is 14.2. The van der Waals surface area contributed by atoms with E-state index in [0.29, 0.717) is 24.1 Å². The molecule has 1 saturated heterocycles. The van der Waals surface area contributed by atoms with Gasteiger partial charge < -0.3 is 13.7 Å². The second kappa shape index (κ2) is 6.83. The van der Waals surface area contributed by atoms with Crippen molar-refractivity contribution < 1.29 is 13.7 Å². The van der Waals surface area contributed by atoms with Gasteiger partial charge in [0.1, 0.15) is 5.76 Å². The van der Waals surface area contributed by atoms with Crippen molar-refractivity contribution in [3.63, 3.8) is 0 Å². The van der Waals surface area contributed by atoms with E-state index in [0.717, 1.165) is 24.5 Å². The SMILES string of the molecule is Cc1ccc(SCc2ccc(-c3nc([C@@H]4CCOC4)no3)o2)cc1. The number of nitrogens with zero attached hydrogens (tertiary/aromatic N) is 2. The summed E-state index contributed by atoms with van der Waals surface area (Å²) in [6.07, 6.45) is 0.940. The summed E-state index contributed by atoms with van der Waals surface area (Å²) in [5.74, 6) is 3.64. The molecule has 0 amide bonds. The molecule has 5 nitrogen and oxygen atoms in total. The minimum Gasteiger partial charge on any atom is -0.455 e. The van der Waals surface area contributed by atoms with Crippen molar-refractivity contribution in [2.75, 3.05) is 13.2 Å². The van der Waals surface area contributed by atoms with Gasteiger partial charge >= 0.3 is 0 Å². The van der Waals surface area contributed by atoms with Gasteiger partial charge in [0.2, 0.25) is 0 Å². The minimum atomic E-state index is 0.231. The topological polar surface area (TPSA) is 61.3 Å². The molecule has 1 atom stereocenters. The van der Waals surface area contributed by atoms with E-state index in [4.69, 9.17) is 13.7 Å². The molecule has 1 aliphatic heterocycles. The average Bonchev–Trinajstić information content (AvgIpc) is 3.33. The van der Waals surface area contributed by atoms with Crippen LogP contribution in [-0.2, 0) is 10.5 Å². The lowest BCUT2D eigenvalue weighted by molar-refractivity contribution is 0.192. The third-order valence-corrected chi connectivity index (χ3v) is 5.05. The summed E-state index contributed by atoms with van der Waals surface area (Å²) in [5, 5.41) is 4.05. The van der Waals surface area contributed by atoms with Gasteiger partial charge in [0.15, 0.2) is 11.6 Å².